The van der Waals surface area contributed by atoms with Crippen LogP contribution in [0.1, 0.15) is 19.8 Å². The van der Waals surface area contributed by atoms with Crippen molar-refractivity contribution in [3.63, 3.8) is 0 Å². The van der Waals surface area contributed by atoms with Crippen LogP contribution in [0.2, 0.25) is 0 Å². The first-order valence-electron chi connectivity index (χ1n) is 4.54. The molecular weight excluding hydrogens is 202 g/mol. The molecule has 0 saturated heterocycles. The second-order valence-electron chi connectivity index (χ2n) is 3.77. The highest BCUT2D eigenvalue weighted by molar-refractivity contribution is 7.90. The van der Waals surface area contributed by atoms with E-state index in [9.17, 15) is 13.2 Å². The van der Waals surface area contributed by atoms with Crippen LogP contribution in [0.15, 0.2) is 11.8 Å². The lowest BCUT2D eigenvalue weighted by atomic mass is 10.3. The molecular formula is C9H15NO3S. The summed E-state index contributed by atoms with van der Waals surface area (Å²) in [6.45, 7) is 1.80. The molecule has 5 heteroatoms. The predicted octanol–water partition coefficient (Wildman–Crippen LogP) is 0.256. The van der Waals surface area contributed by atoms with Gasteiger partial charge in [-0.2, -0.15) is 0 Å². The van der Waals surface area contributed by atoms with E-state index in [0.29, 0.717) is 12.8 Å². The predicted molar refractivity (Wildman–Crippen MR) is 54.6 cm³/mol. The molecule has 0 aromatic heterocycles. The normalized spacial score (nSPS) is 19.3. The Balaban J connectivity index is 2.46. The van der Waals surface area contributed by atoms with Crippen molar-refractivity contribution in [1.29, 1.82) is 0 Å². The number of rotatable bonds is 4. The monoisotopic (exact) mass is 217 g/mol. The molecule has 0 heterocycles. The van der Waals surface area contributed by atoms with Crippen LogP contribution in [0.5, 0.6) is 0 Å². The molecule has 0 amide bonds. The molecule has 1 atom stereocenters. The van der Waals surface area contributed by atoms with Gasteiger partial charge in [-0.3, -0.25) is 4.79 Å². The molecule has 1 unspecified atom stereocenters. The summed E-state index contributed by atoms with van der Waals surface area (Å²) in [6, 6.07) is -0.137. The highest BCUT2D eigenvalue weighted by Gasteiger charge is 2.15. The molecule has 0 aromatic carbocycles. The molecule has 0 saturated carbocycles. The fourth-order valence-electron chi connectivity index (χ4n) is 1.52. The maximum Gasteiger partial charge on any atom is 0.157 e. The van der Waals surface area contributed by atoms with Crippen LogP contribution < -0.4 is 5.32 Å². The molecule has 1 aliphatic rings. The summed E-state index contributed by atoms with van der Waals surface area (Å²) >= 11 is 0. The molecule has 0 aliphatic heterocycles. The van der Waals surface area contributed by atoms with E-state index in [1.807, 2.05) is 0 Å². The zero-order valence-corrected chi connectivity index (χ0v) is 9.23. The first kappa shape index (κ1) is 11.2. The minimum atomic E-state index is -2.95. The van der Waals surface area contributed by atoms with E-state index in [4.69, 9.17) is 0 Å². The molecule has 1 N–H and O–H groups in total. The van der Waals surface area contributed by atoms with Crippen LogP contribution >= 0.6 is 0 Å². The van der Waals surface area contributed by atoms with Crippen molar-refractivity contribution >= 4 is 15.6 Å². The third-order valence-corrected chi connectivity index (χ3v) is 3.07. The maximum absolute atomic E-state index is 11.0. The average molecular weight is 217 g/mol. The van der Waals surface area contributed by atoms with Crippen LogP contribution in [-0.2, 0) is 14.6 Å². The number of sulfone groups is 1. The van der Waals surface area contributed by atoms with E-state index in [2.05, 4.69) is 5.32 Å². The summed E-state index contributed by atoms with van der Waals surface area (Å²) in [5.74, 6) is 0.206. The van der Waals surface area contributed by atoms with Gasteiger partial charge >= 0.3 is 0 Å². The zero-order valence-electron chi connectivity index (χ0n) is 8.41. The zero-order chi connectivity index (χ0) is 10.8. The third-order valence-electron chi connectivity index (χ3n) is 1.96. The van der Waals surface area contributed by atoms with Crippen molar-refractivity contribution in [1.82, 2.24) is 5.32 Å². The van der Waals surface area contributed by atoms with Crippen molar-refractivity contribution in [3.05, 3.63) is 11.8 Å². The maximum atomic E-state index is 11.0. The Morgan fingerprint density at radius 3 is 2.57 bits per heavy atom. The number of hydrogen-bond donors (Lipinski definition) is 1. The quantitative estimate of drug-likeness (QED) is 0.733. The van der Waals surface area contributed by atoms with Crippen LogP contribution in [-0.4, -0.2) is 32.3 Å². The first-order valence-corrected chi connectivity index (χ1v) is 6.60. The molecule has 4 nitrogen and oxygen atoms in total. The van der Waals surface area contributed by atoms with E-state index in [1.165, 1.54) is 6.26 Å². The van der Waals surface area contributed by atoms with Gasteiger partial charge in [0.05, 0.1) is 5.75 Å². The van der Waals surface area contributed by atoms with Crippen LogP contribution in [0, 0.1) is 0 Å². The second-order valence-corrected chi connectivity index (χ2v) is 5.96. The van der Waals surface area contributed by atoms with E-state index in [1.54, 1.807) is 13.0 Å². The van der Waals surface area contributed by atoms with Gasteiger partial charge in [0, 0.05) is 30.5 Å². The van der Waals surface area contributed by atoms with E-state index in [-0.39, 0.29) is 17.6 Å². The molecule has 0 fully saturated rings. The van der Waals surface area contributed by atoms with Gasteiger partial charge in [0.1, 0.15) is 9.84 Å². The van der Waals surface area contributed by atoms with Gasteiger partial charge in [-0.1, -0.05) is 0 Å². The third kappa shape index (κ3) is 3.91. The second kappa shape index (κ2) is 4.13. The molecule has 14 heavy (non-hydrogen) atoms. The van der Waals surface area contributed by atoms with Crippen molar-refractivity contribution in [3.8, 4) is 0 Å². The van der Waals surface area contributed by atoms with Crippen molar-refractivity contribution < 1.29 is 13.2 Å². The Hall–Kier alpha value is -0.840. The minimum Gasteiger partial charge on any atom is -0.385 e. The Morgan fingerprint density at radius 1 is 1.50 bits per heavy atom. The van der Waals surface area contributed by atoms with Crippen molar-refractivity contribution in [2.75, 3.05) is 12.0 Å². The molecule has 0 radical (unpaired) electrons. The lowest BCUT2D eigenvalue weighted by molar-refractivity contribution is -0.114. The highest BCUT2D eigenvalue weighted by Crippen LogP contribution is 2.12. The van der Waals surface area contributed by atoms with Crippen LogP contribution in [0.3, 0.4) is 0 Å². The van der Waals surface area contributed by atoms with Gasteiger partial charge in [0.25, 0.3) is 0 Å². The number of carbonyl (C=O) groups excluding carboxylic acids is 1. The van der Waals surface area contributed by atoms with E-state index in [0.717, 1.165) is 5.70 Å². The van der Waals surface area contributed by atoms with Gasteiger partial charge in [0.2, 0.25) is 0 Å². The summed E-state index contributed by atoms with van der Waals surface area (Å²) in [5, 5.41) is 3.03. The Labute approximate surface area is 84.3 Å². The Kier molecular flexibility index (Phi) is 3.31. The Morgan fingerprint density at radius 2 is 2.14 bits per heavy atom. The van der Waals surface area contributed by atoms with Gasteiger partial charge in [-0.05, 0) is 13.3 Å². The number of nitrogens with one attached hydrogen (secondary N) is 1. The smallest absolute Gasteiger partial charge is 0.157 e. The number of ketones is 1. The largest absolute Gasteiger partial charge is 0.385 e. The summed E-state index contributed by atoms with van der Waals surface area (Å²) in [7, 11) is -2.95. The average Bonchev–Trinajstić information content (AvgIpc) is 2.30. The number of hydrogen-bond acceptors (Lipinski definition) is 4. The minimum absolute atomic E-state index is 0.0958. The lowest BCUT2D eigenvalue weighted by Crippen LogP contribution is -2.31. The molecule has 1 aliphatic carbocycles. The molecule has 0 aromatic rings. The van der Waals surface area contributed by atoms with Gasteiger partial charge < -0.3 is 5.32 Å². The standard InChI is InChI=1S/C9H15NO3S/c1-7(6-14(2,12)13)10-8-3-4-9(11)5-8/h5,7,10H,3-4,6H2,1-2H3. The fourth-order valence-corrected chi connectivity index (χ4v) is 2.51. The Bertz CT molecular complexity index is 356. The van der Waals surface area contributed by atoms with Crippen molar-refractivity contribution in [2.24, 2.45) is 0 Å². The summed E-state index contributed by atoms with van der Waals surface area (Å²) < 4.78 is 21.9. The van der Waals surface area contributed by atoms with Crippen molar-refractivity contribution in [2.45, 2.75) is 25.8 Å². The lowest BCUT2D eigenvalue weighted by Gasteiger charge is -2.14. The van der Waals surface area contributed by atoms with Gasteiger partial charge in [0.15, 0.2) is 5.78 Å². The first-order chi connectivity index (χ1) is 6.37. The summed E-state index contributed by atoms with van der Waals surface area (Å²) in [4.78, 5) is 10.9. The summed E-state index contributed by atoms with van der Waals surface area (Å²) in [5.41, 5.74) is 0.853. The molecule has 0 spiro atoms. The SMILES string of the molecule is CC(CS(C)(=O)=O)NC1=CC(=O)CC1. The van der Waals surface area contributed by atoms with E-state index < -0.39 is 9.84 Å². The molecule has 1 rings (SSSR count). The van der Waals surface area contributed by atoms with Gasteiger partial charge in [-0.15, -0.1) is 0 Å². The molecule has 80 valence electrons. The highest BCUT2D eigenvalue weighted by atomic mass is 32.2. The van der Waals surface area contributed by atoms with E-state index >= 15 is 0 Å². The van der Waals surface area contributed by atoms with Gasteiger partial charge in [-0.25, -0.2) is 8.42 Å². The number of allylic oxidation sites excluding steroid dienone is 2. The van der Waals surface area contributed by atoms with Crippen LogP contribution in [0.25, 0.3) is 0 Å². The molecule has 0 bridgehead atoms. The summed E-state index contributed by atoms with van der Waals surface area (Å²) in [6.07, 6.45) is 4.00. The fraction of sp³-hybridized carbons (Fsp3) is 0.667. The van der Waals surface area contributed by atoms with Crippen LogP contribution in [0.4, 0.5) is 0 Å². The number of carbonyl (C=O) groups is 1. The topological polar surface area (TPSA) is 63.2 Å².